The summed E-state index contributed by atoms with van der Waals surface area (Å²) < 4.78 is 0. The van der Waals surface area contributed by atoms with Crippen LogP contribution in [-0.4, -0.2) is 42.0 Å². The standard InChI is InChI=1S/C33H34ClN3O2/c34-27-13-14-29-28(21-27)30(25-10-5-2-6-11-25)31(32(38)35-29)37-17-7-12-26(22-37)33(39)36-18-15-24(16-19-36)20-23-8-3-1-4-9-23/h1-6,8-11,13-14,21,24,26H,7,12,15-20,22H2,(H,35,38)/t26-/m0/s1. The zero-order valence-electron chi connectivity index (χ0n) is 22.1. The minimum absolute atomic E-state index is 0.109. The molecule has 1 N–H and O–H groups in total. The van der Waals surface area contributed by atoms with E-state index < -0.39 is 0 Å². The number of piperidine rings is 2. The molecule has 6 heteroatoms. The molecule has 6 rings (SSSR count). The van der Waals surface area contributed by atoms with Gasteiger partial charge in [0.15, 0.2) is 0 Å². The van der Waals surface area contributed by atoms with Gasteiger partial charge in [-0.1, -0.05) is 72.3 Å². The van der Waals surface area contributed by atoms with Crippen molar-refractivity contribution in [2.24, 2.45) is 11.8 Å². The Hall–Kier alpha value is -3.57. The number of H-pyrrole nitrogens is 1. The summed E-state index contributed by atoms with van der Waals surface area (Å²) in [6.07, 6.45) is 4.90. The summed E-state index contributed by atoms with van der Waals surface area (Å²) >= 11 is 6.41. The molecule has 3 heterocycles. The van der Waals surface area contributed by atoms with Gasteiger partial charge in [-0.15, -0.1) is 0 Å². The molecule has 0 radical (unpaired) electrons. The molecule has 0 bridgehead atoms. The second-order valence-corrected chi connectivity index (χ2v) is 11.4. The summed E-state index contributed by atoms with van der Waals surface area (Å²) in [4.78, 5) is 34.5. The van der Waals surface area contributed by atoms with E-state index in [9.17, 15) is 9.59 Å². The average molecular weight is 540 g/mol. The molecule has 0 saturated carbocycles. The van der Waals surface area contributed by atoms with Crippen LogP contribution in [0.15, 0.2) is 83.7 Å². The second-order valence-electron chi connectivity index (χ2n) is 11.0. The fraction of sp³-hybridized carbons (Fsp3) is 0.333. The molecule has 0 unspecified atom stereocenters. The van der Waals surface area contributed by atoms with Crippen molar-refractivity contribution in [2.75, 3.05) is 31.1 Å². The third kappa shape index (κ3) is 5.46. The van der Waals surface area contributed by atoms with E-state index in [-0.39, 0.29) is 17.4 Å². The van der Waals surface area contributed by atoms with Crippen LogP contribution < -0.4 is 10.5 Å². The fourth-order valence-electron chi connectivity index (χ4n) is 6.40. The van der Waals surface area contributed by atoms with Gasteiger partial charge >= 0.3 is 0 Å². The van der Waals surface area contributed by atoms with Gasteiger partial charge in [-0.3, -0.25) is 9.59 Å². The molecular formula is C33H34ClN3O2. The molecule has 5 nitrogen and oxygen atoms in total. The van der Waals surface area contributed by atoms with E-state index in [0.29, 0.717) is 23.2 Å². The number of halogens is 1. The quantitative estimate of drug-likeness (QED) is 0.313. The first-order valence-corrected chi connectivity index (χ1v) is 14.4. The van der Waals surface area contributed by atoms with Gasteiger partial charge in [0.2, 0.25) is 5.91 Å². The van der Waals surface area contributed by atoms with E-state index in [1.165, 1.54) is 5.56 Å². The third-order valence-corrected chi connectivity index (χ3v) is 8.63. The number of amides is 1. The number of anilines is 1. The minimum atomic E-state index is -0.126. The largest absolute Gasteiger partial charge is 0.366 e. The van der Waals surface area contributed by atoms with Gasteiger partial charge in [-0.25, -0.2) is 0 Å². The highest BCUT2D eigenvalue weighted by Gasteiger charge is 2.33. The fourth-order valence-corrected chi connectivity index (χ4v) is 6.57. The summed E-state index contributed by atoms with van der Waals surface area (Å²) in [7, 11) is 0. The lowest BCUT2D eigenvalue weighted by molar-refractivity contribution is -0.137. The number of benzene rings is 3. The number of hydrogen-bond donors (Lipinski definition) is 1. The van der Waals surface area contributed by atoms with Crippen LogP contribution in [0, 0.1) is 11.8 Å². The van der Waals surface area contributed by atoms with Gasteiger partial charge in [-0.2, -0.15) is 0 Å². The number of likely N-dealkylation sites (tertiary alicyclic amines) is 1. The lowest BCUT2D eigenvalue weighted by atomic mass is 9.88. The molecule has 3 aromatic carbocycles. The Labute approximate surface area is 234 Å². The molecule has 2 aliphatic heterocycles. The molecular weight excluding hydrogens is 506 g/mol. The van der Waals surface area contributed by atoms with Crippen LogP contribution in [0.25, 0.3) is 22.0 Å². The van der Waals surface area contributed by atoms with Crippen molar-refractivity contribution in [3.63, 3.8) is 0 Å². The van der Waals surface area contributed by atoms with Crippen molar-refractivity contribution in [3.05, 3.63) is 99.8 Å². The topological polar surface area (TPSA) is 56.4 Å². The van der Waals surface area contributed by atoms with E-state index in [1.807, 2.05) is 42.5 Å². The molecule has 0 aliphatic carbocycles. The Balaban J connectivity index is 1.23. The van der Waals surface area contributed by atoms with E-state index in [2.05, 4.69) is 45.1 Å². The highest BCUT2D eigenvalue weighted by molar-refractivity contribution is 6.31. The molecule has 39 heavy (non-hydrogen) atoms. The van der Waals surface area contributed by atoms with Gasteiger partial charge < -0.3 is 14.8 Å². The number of hydrogen-bond acceptors (Lipinski definition) is 3. The van der Waals surface area contributed by atoms with Gasteiger partial charge in [0.05, 0.1) is 5.92 Å². The predicted octanol–water partition coefficient (Wildman–Crippen LogP) is 6.55. The maximum absolute atomic E-state index is 13.7. The van der Waals surface area contributed by atoms with Crippen LogP contribution >= 0.6 is 11.6 Å². The monoisotopic (exact) mass is 539 g/mol. The van der Waals surface area contributed by atoms with Crippen molar-refractivity contribution in [3.8, 4) is 11.1 Å². The number of pyridine rings is 1. The third-order valence-electron chi connectivity index (χ3n) is 8.39. The number of nitrogens with one attached hydrogen (secondary N) is 1. The second kappa shape index (κ2) is 11.3. The van der Waals surface area contributed by atoms with Crippen molar-refractivity contribution >= 4 is 34.1 Å². The Morgan fingerprint density at radius 1 is 0.897 bits per heavy atom. The molecule has 4 aromatic rings. The van der Waals surface area contributed by atoms with Gasteiger partial charge in [0.1, 0.15) is 5.69 Å². The molecule has 1 atom stereocenters. The normalized spacial score (nSPS) is 18.4. The van der Waals surface area contributed by atoms with Crippen molar-refractivity contribution in [2.45, 2.75) is 32.1 Å². The maximum atomic E-state index is 13.7. The highest BCUT2D eigenvalue weighted by atomic mass is 35.5. The van der Waals surface area contributed by atoms with Gasteiger partial charge in [0, 0.05) is 47.7 Å². The molecule has 0 spiro atoms. The van der Waals surface area contributed by atoms with Crippen LogP contribution in [-0.2, 0) is 11.2 Å². The van der Waals surface area contributed by atoms with E-state index in [0.717, 1.165) is 73.8 Å². The zero-order chi connectivity index (χ0) is 26.8. The Kier molecular flexibility index (Phi) is 7.43. The number of rotatable bonds is 5. The average Bonchev–Trinajstić information content (AvgIpc) is 2.98. The molecule has 1 aromatic heterocycles. The number of carbonyl (C=O) groups excluding carboxylic acids is 1. The van der Waals surface area contributed by atoms with Crippen LogP contribution in [0.5, 0.6) is 0 Å². The molecule has 200 valence electrons. The van der Waals surface area contributed by atoms with Crippen LogP contribution in [0.1, 0.15) is 31.2 Å². The summed E-state index contributed by atoms with van der Waals surface area (Å²) in [6.45, 7) is 2.93. The molecule has 2 aliphatic rings. The minimum Gasteiger partial charge on any atom is -0.366 e. The predicted molar refractivity (Wildman–Crippen MR) is 159 cm³/mol. The summed E-state index contributed by atoms with van der Waals surface area (Å²) in [5.74, 6) is 0.748. The van der Waals surface area contributed by atoms with Crippen molar-refractivity contribution < 1.29 is 4.79 Å². The van der Waals surface area contributed by atoms with Crippen molar-refractivity contribution in [1.82, 2.24) is 9.88 Å². The van der Waals surface area contributed by atoms with Gasteiger partial charge in [0.25, 0.3) is 5.56 Å². The van der Waals surface area contributed by atoms with E-state index >= 15 is 0 Å². The van der Waals surface area contributed by atoms with Crippen LogP contribution in [0.3, 0.4) is 0 Å². The Morgan fingerprint density at radius 2 is 1.62 bits per heavy atom. The molecule has 2 saturated heterocycles. The lowest BCUT2D eigenvalue weighted by Gasteiger charge is -2.39. The molecule has 2 fully saturated rings. The lowest BCUT2D eigenvalue weighted by Crippen LogP contribution is -2.48. The first-order chi connectivity index (χ1) is 19.1. The maximum Gasteiger partial charge on any atom is 0.272 e. The number of fused-ring (bicyclic) bond motifs is 1. The zero-order valence-corrected chi connectivity index (χ0v) is 22.9. The first-order valence-electron chi connectivity index (χ1n) is 14.1. The summed E-state index contributed by atoms with van der Waals surface area (Å²) in [5.41, 5.74) is 4.50. The number of carbonyl (C=O) groups is 1. The number of nitrogens with zero attached hydrogens (tertiary/aromatic N) is 2. The Bertz CT molecular complexity index is 1510. The number of aromatic amines is 1. The Morgan fingerprint density at radius 3 is 2.36 bits per heavy atom. The van der Waals surface area contributed by atoms with E-state index in [1.54, 1.807) is 6.07 Å². The van der Waals surface area contributed by atoms with Crippen molar-refractivity contribution in [1.29, 1.82) is 0 Å². The first kappa shape index (κ1) is 25.7. The molecule has 1 amide bonds. The summed E-state index contributed by atoms with van der Waals surface area (Å²) in [5, 5.41) is 1.54. The van der Waals surface area contributed by atoms with Gasteiger partial charge in [-0.05, 0) is 67.3 Å². The SMILES string of the molecule is O=C([C@H]1CCCN(c2c(-c3ccccc3)c3cc(Cl)ccc3[nH]c2=O)C1)N1CCC(Cc2ccccc2)CC1. The number of aromatic nitrogens is 1. The van der Waals surface area contributed by atoms with E-state index in [4.69, 9.17) is 11.6 Å². The summed E-state index contributed by atoms with van der Waals surface area (Å²) in [6, 6.07) is 26.2. The van der Waals surface area contributed by atoms with Crippen LogP contribution in [0.4, 0.5) is 5.69 Å². The highest BCUT2D eigenvalue weighted by Crippen LogP contribution is 2.37. The van der Waals surface area contributed by atoms with Crippen LogP contribution in [0.2, 0.25) is 5.02 Å². The smallest absolute Gasteiger partial charge is 0.272 e.